The molecule has 1 heterocycles. The van der Waals surface area contributed by atoms with E-state index < -0.39 is 5.60 Å². The van der Waals surface area contributed by atoms with Gasteiger partial charge >= 0.3 is 0 Å². The zero-order valence-corrected chi connectivity index (χ0v) is 11.6. The number of aliphatic hydroxyl groups is 1. The van der Waals surface area contributed by atoms with Crippen molar-refractivity contribution in [3.8, 4) is 0 Å². The minimum Gasteiger partial charge on any atom is -0.388 e. The Kier molecular flexibility index (Phi) is 4.65. The Bertz CT molecular complexity index is 388. The molecule has 1 rings (SSSR count). The van der Waals surface area contributed by atoms with E-state index in [-0.39, 0.29) is 18.4 Å². The van der Waals surface area contributed by atoms with Crippen LogP contribution in [0, 0.1) is 12.8 Å². The molecule has 0 fully saturated rings. The second kappa shape index (κ2) is 5.60. The summed E-state index contributed by atoms with van der Waals surface area (Å²) in [7, 11) is 0. The summed E-state index contributed by atoms with van der Waals surface area (Å²) in [5.41, 5.74) is 1.51. The van der Waals surface area contributed by atoms with Crippen LogP contribution in [-0.4, -0.2) is 28.1 Å². The summed E-state index contributed by atoms with van der Waals surface area (Å²) >= 11 is 1.32. The van der Waals surface area contributed by atoms with Gasteiger partial charge in [0.05, 0.1) is 16.8 Å². The number of thiazole rings is 1. The van der Waals surface area contributed by atoms with Gasteiger partial charge in [-0.1, -0.05) is 20.3 Å². The number of hydrogen-bond acceptors (Lipinski definition) is 4. The monoisotopic (exact) mass is 256 g/mol. The maximum atomic E-state index is 11.8. The van der Waals surface area contributed by atoms with Crippen LogP contribution >= 0.6 is 11.3 Å². The van der Waals surface area contributed by atoms with Crippen molar-refractivity contribution in [2.45, 2.75) is 39.7 Å². The lowest BCUT2D eigenvalue weighted by atomic mass is 9.88. The lowest BCUT2D eigenvalue weighted by molar-refractivity contribution is 0.00595. The highest BCUT2D eigenvalue weighted by atomic mass is 32.1. The Labute approximate surface area is 106 Å². The van der Waals surface area contributed by atoms with Crippen LogP contribution in [0.15, 0.2) is 5.51 Å². The lowest BCUT2D eigenvalue weighted by Gasteiger charge is -2.29. The van der Waals surface area contributed by atoms with Crippen LogP contribution in [0.3, 0.4) is 0 Å². The molecule has 0 aromatic carbocycles. The molecule has 0 radical (unpaired) electrons. The summed E-state index contributed by atoms with van der Waals surface area (Å²) in [6.07, 6.45) is 0.877. The largest absolute Gasteiger partial charge is 0.388 e. The minimum atomic E-state index is -0.872. The molecule has 2 atom stereocenters. The van der Waals surface area contributed by atoms with Crippen LogP contribution in [0.1, 0.15) is 42.6 Å². The molecule has 5 heteroatoms. The molecular weight excluding hydrogens is 236 g/mol. The van der Waals surface area contributed by atoms with Crippen LogP contribution in [0.25, 0.3) is 0 Å². The van der Waals surface area contributed by atoms with Crippen LogP contribution < -0.4 is 5.32 Å². The van der Waals surface area contributed by atoms with Gasteiger partial charge in [0.1, 0.15) is 4.88 Å². The number of carbonyl (C=O) groups excluding carboxylic acids is 1. The van der Waals surface area contributed by atoms with E-state index in [0.29, 0.717) is 4.88 Å². The van der Waals surface area contributed by atoms with Gasteiger partial charge in [-0.3, -0.25) is 4.79 Å². The quantitative estimate of drug-likeness (QED) is 0.846. The van der Waals surface area contributed by atoms with Crippen LogP contribution in [0.2, 0.25) is 0 Å². The van der Waals surface area contributed by atoms with E-state index in [0.717, 1.165) is 12.1 Å². The molecular formula is C12H20N2O2S. The molecule has 0 saturated carbocycles. The number of carbonyl (C=O) groups is 1. The molecule has 96 valence electrons. The van der Waals surface area contributed by atoms with E-state index in [2.05, 4.69) is 10.3 Å². The Morgan fingerprint density at radius 2 is 2.35 bits per heavy atom. The van der Waals surface area contributed by atoms with Gasteiger partial charge < -0.3 is 10.4 Å². The number of nitrogens with zero attached hydrogens (tertiary/aromatic N) is 1. The first-order valence-electron chi connectivity index (χ1n) is 5.79. The average molecular weight is 256 g/mol. The molecule has 0 aliphatic carbocycles. The summed E-state index contributed by atoms with van der Waals surface area (Å²) in [5, 5.41) is 12.9. The van der Waals surface area contributed by atoms with Gasteiger partial charge in [0.2, 0.25) is 0 Å². The fraction of sp³-hybridized carbons (Fsp3) is 0.667. The second-order valence-corrected chi connectivity index (χ2v) is 5.47. The summed E-state index contributed by atoms with van der Waals surface area (Å²) in [6.45, 7) is 7.82. The molecule has 0 spiro atoms. The van der Waals surface area contributed by atoms with Crippen molar-refractivity contribution in [2.24, 2.45) is 5.92 Å². The molecule has 4 nitrogen and oxygen atoms in total. The van der Waals surface area contributed by atoms with E-state index in [1.54, 1.807) is 19.4 Å². The van der Waals surface area contributed by atoms with E-state index >= 15 is 0 Å². The average Bonchev–Trinajstić information content (AvgIpc) is 2.71. The standard InChI is InChI=1S/C12H20N2O2S/c1-5-8(2)12(4,16)6-13-11(15)10-9(3)14-7-17-10/h7-8,16H,5-6H2,1-4H3,(H,13,15). The Morgan fingerprint density at radius 3 is 2.82 bits per heavy atom. The van der Waals surface area contributed by atoms with Crippen LogP contribution in [0.4, 0.5) is 0 Å². The SMILES string of the molecule is CCC(C)C(C)(O)CNC(=O)c1scnc1C. The predicted octanol–water partition coefficient (Wildman–Crippen LogP) is 1.98. The van der Waals surface area contributed by atoms with Gasteiger partial charge in [-0.25, -0.2) is 4.98 Å². The number of rotatable bonds is 5. The Morgan fingerprint density at radius 1 is 1.71 bits per heavy atom. The van der Waals surface area contributed by atoms with Gasteiger partial charge in [0.25, 0.3) is 5.91 Å². The summed E-state index contributed by atoms with van der Waals surface area (Å²) in [6, 6.07) is 0. The molecule has 0 saturated heterocycles. The smallest absolute Gasteiger partial charge is 0.263 e. The first-order chi connectivity index (χ1) is 7.88. The molecule has 0 aliphatic rings. The zero-order chi connectivity index (χ0) is 13.1. The van der Waals surface area contributed by atoms with Gasteiger partial charge in [-0.05, 0) is 19.8 Å². The van der Waals surface area contributed by atoms with Crippen molar-refractivity contribution in [2.75, 3.05) is 6.54 Å². The number of amides is 1. The van der Waals surface area contributed by atoms with Crippen molar-refractivity contribution in [1.29, 1.82) is 0 Å². The third-order valence-electron chi connectivity index (χ3n) is 3.23. The van der Waals surface area contributed by atoms with E-state index in [9.17, 15) is 9.90 Å². The number of aromatic nitrogens is 1. The molecule has 0 bridgehead atoms. The fourth-order valence-electron chi connectivity index (χ4n) is 1.47. The second-order valence-electron chi connectivity index (χ2n) is 4.62. The van der Waals surface area contributed by atoms with Gasteiger partial charge in [-0.2, -0.15) is 0 Å². The normalized spacial score (nSPS) is 16.3. The van der Waals surface area contributed by atoms with Crippen molar-refractivity contribution in [3.63, 3.8) is 0 Å². The van der Waals surface area contributed by atoms with Gasteiger partial charge in [-0.15, -0.1) is 11.3 Å². The van der Waals surface area contributed by atoms with E-state index in [1.165, 1.54) is 11.3 Å². The van der Waals surface area contributed by atoms with Crippen molar-refractivity contribution < 1.29 is 9.90 Å². The Balaban J connectivity index is 2.57. The lowest BCUT2D eigenvalue weighted by Crippen LogP contribution is -2.45. The first kappa shape index (κ1) is 14.1. The van der Waals surface area contributed by atoms with Gasteiger partial charge in [0, 0.05) is 6.54 Å². The van der Waals surface area contributed by atoms with Crippen LogP contribution in [0.5, 0.6) is 0 Å². The molecule has 1 amide bonds. The topological polar surface area (TPSA) is 62.2 Å². The highest BCUT2D eigenvalue weighted by molar-refractivity contribution is 7.11. The zero-order valence-electron chi connectivity index (χ0n) is 10.8. The van der Waals surface area contributed by atoms with Crippen molar-refractivity contribution in [1.82, 2.24) is 10.3 Å². The number of aryl methyl sites for hydroxylation is 1. The van der Waals surface area contributed by atoms with E-state index in [4.69, 9.17) is 0 Å². The molecule has 1 aromatic rings. The maximum Gasteiger partial charge on any atom is 0.263 e. The van der Waals surface area contributed by atoms with Crippen molar-refractivity contribution >= 4 is 17.2 Å². The molecule has 2 unspecified atom stereocenters. The van der Waals surface area contributed by atoms with Crippen molar-refractivity contribution in [3.05, 3.63) is 16.1 Å². The maximum absolute atomic E-state index is 11.8. The Hall–Kier alpha value is -0.940. The van der Waals surface area contributed by atoms with E-state index in [1.807, 2.05) is 13.8 Å². The third-order valence-corrected chi connectivity index (χ3v) is 4.16. The summed E-state index contributed by atoms with van der Waals surface area (Å²) in [4.78, 5) is 16.5. The summed E-state index contributed by atoms with van der Waals surface area (Å²) < 4.78 is 0. The van der Waals surface area contributed by atoms with Crippen LogP contribution in [-0.2, 0) is 0 Å². The minimum absolute atomic E-state index is 0.144. The number of hydrogen-bond donors (Lipinski definition) is 2. The highest BCUT2D eigenvalue weighted by Crippen LogP contribution is 2.19. The fourth-order valence-corrected chi connectivity index (χ4v) is 2.19. The number of nitrogens with one attached hydrogen (secondary N) is 1. The first-order valence-corrected chi connectivity index (χ1v) is 6.67. The molecule has 0 aliphatic heterocycles. The van der Waals surface area contributed by atoms with Gasteiger partial charge in [0.15, 0.2) is 0 Å². The molecule has 17 heavy (non-hydrogen) atoms. The predicted molar refractivity (Wildman–Crippen MR) is 69.3 cm³/mol. The molecule has 1 aromatic heterocycles. The summed E-state index contributed by atoms with van der Waals surface area (Å²) in [5.74, 6) is -0.0149. The highest BCUT2D eigenvalue weighted by Gasteiger charge is 2.27. The molecule has 2 N–H and O–H groups in total. The third kappa shape index (κ3) is 3.51.